The number of fused-ring (bicyclic) bond motifs is 5. The van der Waals surface area contributed by atoms with Crippen molar-refractivity contribution in [2.45, 2.75) is 45.6 Å². The van der Waals surface area contributed by atoms with Gasteiger partial charge in [-0.2, -0.15) is 0 Å². The van der Waals surface area contributed by atoms with Crippen LogP contribution in [0.5, 0.6) is 0 Å². The summed E-state index contributed by atoms with van der Waals surface area (Å²) in [6.45, 7) is 3.07. The lowest BCUT2D eigenvalue weighted by atomic mass is 9.81. The van der Waals surface area contributed by atoms with Gasteiger partial charge in [0.15, 0.2) is 6.61 Å². The number of amides is 3. The van der Waals surface area contributed by atoms with E-state index in [1.165, 1.54) is 6.92 Å². The second-order valence-corrected chi connectivity index (χ2v) is 8.31. The van der Waals surface area contributed by atoms with Gasteiger partial charge in [0.25, 0.3) is 5.91 Å². The van der Waals surface area contributed by atoms with E-state index < -0.39 is 24.5 Å². The minimum Gasteiger partial charge on any atom is -0.454 e. The molecule has 5 atom stereocenters. The standard InChI is InChI=1S/C22H26N2O5/c1-3-13-4-8-16(9-5-13)23-17(25)11-29-22(28)12(2)24-20(26)18-14-6-7-15(10-14)19(18)21(24)27/h4-5,8-9,12,14-15,18-19H,3,6-7,10-11H2,1-2H3,(H,23,25)/t12-,14-,15-,18-,19-/m0/s1. The molecule has 0 aromatic heterocycles. The molecule has 7 nitrogen and oxygen atoms in total. The highest BCUT2D eigenvalue weighted by molar-refractivity contribution is 6.08. The van der Waals surface area contributed by atoms with Gasteiger partial charge in [0, 0.05) is 5.69 Å². The molecule has 2 aliphatic carbocycles. The van der Waals surface area contributed by atoms with Crippen LogP contribution < -0.4 is 5.32 Å². The summed E-state index contributed by atoms with van der Waals surface area (Å²) in [5.74, 6) is -1.73. The smallest absolute Gasteiger partial charge is 0.329 e. The molecule has 3 amide bonds. The minimum atomic E-state index is -1.02. The van der Waals surface area contributed by atoms with Crippen molar-refractivity contribution in [2.75, 3.05) is 11.9 Å². The predicted molar refractivity (Wildman–Crippen MR) is 105 cm³/mol. The third-order valence-electron chi connectivity index (χ3n) is 6.68. The fourth-order valence-electron chi connectivity index (χ4n) is 5.20. The number of esters is 1. The number of ether oxygens (including phenoxy) is 1. The molecule has 1 N–H and O–H groups in total. The third kappa shape index (κ3) is 3.43. The number of rotatable bonds is 6. The number of hydrogen-bond acceptors (Lipinski definition) is 5. The molecule has 7 heteroatoms. The number of aryl methyl sites for hydroxylation is 1. The van der Waals surface area contributed by atoms with Crippen LogP contribution >= 0.6 is 0 Å². The Morgan fingerprint density at radius 1 is 1.10 bits per heavy atom. The second-order valence-electron chi connectivity index (χ2n) is 8.31. The quantitative estimate of drug-likeness (QED) is 0.585. The van der Waals surface area contributed by atoms with Gasteiger partial charge in [-0.3, -0.25) is 19.3 Å². The van der Waals surface area contributed by atoms with Crippen molar-refractivity contribution in [2.24, 2.45) is 23.7 Å². The fraction of sp³-hybridized carbons (Fsp3) is 0.545. The van der Waals surface area contributed by atoms with E-state index in [9.17, 15) is 19.2 Å². The molecule has 1 aromatic rings. The van der Waals surface area contributed by atoms with Crippen LogP contribution in [0.4, 0.5) is 5.69 Å². The van der Waals surface area contributed by atoms with Gasteiger partial charge in [0.2, 0.25) is 11.8 Å². The van der Waals surface area contributed by atoms with Crippen molar-refractivity contribution in [3.8, 4) is 0 Å². The van der Waals surface area contributed by atoms with Crippen LogP contribution in [0, 0.1) is 23.7 Å². The number of carbonyl (C=O) groups excluding carboxylic acids is 4. The first-order chi connectivity index (χ1) is 13.9. The number of nitrogens with zero attached hydrogens (tertiary/aromatic N) is 1. The number of likely N-dealkylation sites (tertiary alicyclic amines) is 1. The van der Waals surface area contributed by atoms with Gasteiger partial charge in [-0.1, -0.05) is 19.1 Å². The maximum atomic E-state index is 12.8. The molecule has 0 radical (unpaired) electrons. The zero-order chi connectivity index (χ0) is 20.7. The fourth-order valence-corrected chi connectivity index (χ4v) is 5.20. The molecule has 29 heavy (non-hydrogen) atoms. The summed E-state index contributed by atoms with van der Waals surface area (Å²) in [6, 6.07) is 6.39. The molecular weight excluding hydrogens is 372 g/mol. The van der Waals surface area contributed by atoms with E-state index in [1.54, 1.807) is 12.1 Å². The summed E-state index contributed by atoms with van der Waals surface area (Å²) in [5, 5.41) is 2.66. The number of anilines is 1. The lowest BCUT2D eigenvalue weighted by Gasteiger charge is -2.23. The summed E-state index contributed by atoms with van der Waals surface area (Å²) in [6.07, 6.45) is 3.81. The average molecular weight is 398 g/mol. The number of benzene rings is 1. The van der Waals surface area contributed by atoms with Crippen molar-refractivity contribution in [3.05, 3.63) is 29.8 Å². The maximum Gasteiger partial charge on any atom is 0.329 e. The van der Waals surface area contributed by atoms with Crippen molar-refractivity contribution < 1.29 is 23.9 Å². The molecule has 3 aliphatic rings. The molecule has 2 bridgehead atoms. The van der Waals surface area contributed by atoms with Crippen LogP contribution in [0.2, 0.25) is 0 Å². The molecule has 1 saturated heterocycles. The highest BCUT2D eigenvalue weighted by atomic mass is 16.5. The second kappa shape index (κ2) is 7.61. The molecule has 1 aliphatic heterocycles. The van der Waals surface area contributed by atoms with Crippen molar-refractivity contribution in [3.63, 3.8) is 0 Å². The molecular formula is C22H26N2O5. The van der Waals surface area contributed by atoms with Crippen LogP contribution in [-0.2, 0) is 30.3 Å². The monoisotopic (exact) mass is 398 g/mol. The molecule has 1 aromatic carbocycles. The van der Waals surface area contributed by atoms with E-state index in [4.69, 9.17) is 4.74 Å². The van der Waals surface area contributed by atoms with Gasteiger partial charge in [-0.25, -0.2) is 4.79 Å². The highest BCUT2D eigenvalue weighted by Crippen LogP contribution is 2.56. The van der Waals surface area contributed by atoms with E-state index in [-0.39, 0.29) is 35.5 Å². The molecule has 4 rings (SSSR count). The van der Waals surface area contributed by atoms with E-state index in [0.717, 1.165) is 36.1 Å². The zero-order valence-corrected chi connectivity index (χ0v) is 16.7. The van der Waals surface area contributed by atoms with Crippen LogP contribution in [-0.4, -0.2) is 41.2 Å². The number of imide groups is 1. The molecule has 1 heterocycles. The highest BCUT2D eigenvalue weighted by Gasteiger charge is 2.62. The first-order valence-corrected chi connectivity index (χ1v) is 10.3. The van der Waals surface area contributed by atoms with E-state index in [2.05, 4.69) is 5.32 Å². The summed E-state index contributed by atoms with van der Waals surface area (Å²) < 4.78 is 5.09. The molecule has 0 unspecified atom stereocenters. The minimum absolute atomic E-state index is 0.253. The van der Waals surface area contributed by atoms with Gasteiger partial charge in [-0.15, -0.1) is 0 Å². The summed E-state index contributed by atoms with van der Waals surface area (Å²) in [4.78, 5) is 51.1. The third-order valence-corrected chi connectivity index (χ3v) is 6.68. The number of nitrogens with one attached hydrogen (secondary N) is 1. The number of carbonyl (C=O) groups is 4. The Bertz CT molecular complexity index is 821. The van der Waals surface area contributed by atoms with Crippen LogP contribution in [0.3, 0.4) is 0 Å². The van der Waals surface area contributed by atoms with Crippen LogP contribution in [0.1, 0.15) is 38.7 Å². The summed E-state index contributed by atoms with van der Waals surface area (Å²) in [5.41, 5.74) is 1.77. The normalized spacial score (nSPS) is 28.4. The molecule has 0 spiro atoms. The Balaban J connectivity index is 1.32. The molecule has 3 fully saturated rings. The maximum absolute atomic E-state index is 12.8. The van der Waals surface area contributed by atoms with E-state index in [1.807, 2.05) is 19.1 Å². The van der Waals surface area contributed by atoms with Gasteiger partial charge in [0.1, 0.15) is 6.04 Å². The lowest BCUT2D eigenvalue weighted by molar-refractivity contribution is -0.159. The Labute approximate surface area is 169 Å². The molecule has 2 saturated carbocycles. The van der Waals surface area contributed by atoms with Gasteiger partial charge >= 0.3 is 5.97 Å². The Morgan fingerprint density at radius 2 is 1.69 bits per heavy atom. The lowest BCUT2D eigenvalue weighted by Crippen LogP contribution is -2.45. The molecule has 154 valence electrons. The SMILES string of the molecule is CCc1ccc(NC(=O)COC(=O)[C@H](C)N2C(=O)[C@H]3[C@H]4CC[C@@H](C4)[C@@H]3C2=O)cc1. The van der Waals surface area contributed by atoms with E-state index in [0.29, 0.717) is 5.69 Å². The van der Waals surface area contributed by atoms with Gasteiger partial charge < -0.3 is 10.1 Å². The number of hydrogen-bond donors (Lipinski definition) is 1. The first kappa shape index (κ1) is 19.6. The van der Waals surface area contributed by atoms with Crippen molar-refractivity contribution >= 4 is 29.4 Å². The predicted octanol–water partition coefficient (Wildman–Crippen LogP) is 2.15. The summed E-state index contributed by atoms with van der Waals surface area (Å²) >= 11 is 0. The first-order valence-electron chi connectivity index (χ1n) is 10.3. The Morgan fingerprint density at radius 3 is 2.24 bits per heavy atom. The Hall–Kier alpha value is -2.70. The van der Waals surface area contributed by atoms with Crippen LogP contribution in [0.15, 0.2) is 24.3 Å². The van der Waals surface area contributed by atoms with Gasteiger partial charge in [0.05, 0.1) is 11.8 Å². The largest absolute Gasteiger partial charge is 0.454 e. The topological polar surface area (TPSA) is 92.8 Å². The van der Waals surface area contributed by atoms with Crippen LogP contribution in [0.25, 0.3) is 0 Å². The summed E-state index contributed by atoms with van der Waals surface area (Å²) in [7, 11) is 0. The average Bonchev–Trinajstić information content (AvgIpc) is 3.40. The van der Waals surface area contributed by atoms with Gasteiger partial charge in [-0.05, 0) is 62.1 Å². The van der Waals surface area contributed by atoms with Crippen molar-refractivity contribution in [1.29, 1.82) is 0 Å². The zero-order valence-electron chi connectivity index (χ0n) is 16.7. The Kier molecular flexibility index (Phi) is 5.15. The van der Waals surface area contributed by atoms with E-state index >= 15 is 0 Å². The van der Waals surface area contributed by atoms with Crippen molar-refractivity contribution in [1.82, 2.24) is 4.90 Å².